The van der Waals surface area contributed by atoms with Crippen LogP contribution in [-0.4, -0.2) is 39.2 Å². The number of aromatic nitrogens is 4. The van der Waals surface area contributed by atoms with Crippen LogP contribution in [0.4, 0.5) is 11.5 Å². The Kier molecular flexibility index (Phi) is 4.12. The Morgan fingerprint density at radius 1 is 1.04 bits per heavy atom. The minimum Gasteiger partial charge on any atom is -0.357 e. The highest BCUT2D eigenvalue weighted by molar-refractivity contribution is 6.04. The Morgan fingerprint density at radius 2 is 1.84 bits per heavy atom. The lowest BCUT2D eigenvalue weighted by Crippen LogP contribution is -2.19. The molecule has 2 N–H and O–H groups in total. The summed E-state index contributed by atoms with van der Waals surface area (Å²) in [5, 5.41) is 9.52. The van der Waals surface area contributed by atoms with Crippen molar-refractivity contribution in [2.75, 3.05) is 23.3 Å². The third-order valence-corrected chi connectivity index (χ3v) is 4.27. The molecular formula is C18H18N6O. The van der Waals surface area contributed by atoms with Crippen molar-refractivity contribution >= 4 is 17.4 Å². The number of hydrogen-bond donors (Lipinski definition) is 2. The van der Waals surface area contributed by atoms with E-state index in [2.05, 4.69) is 30.4 Å². The van der Waals surface area contributed by atoms with Crippen molar-refractivity contribution in [3.63, 3.8) is 0 Å². The number of nitrogens with zero attached hydrogens (tertiary/aromatic N) is 4. The molecule has 7 heteroatoms. The predicted molar refractivity (Wildman–Crippen MR) is 95.5 cm³/mol. The van der Waals surface area contributed by atoms with Crippen molar-refractivity contribution in [3.8, 4) is 11.4 Å². The number of rotatable bonds is 4. The van der Waals surface area contributed by atoms with Gasteiger partial charge in [-0.25, -0.2) is 9.97 Å². The van der Waals surface area contributed by atoms with Crippen LogP contribution in [0.3, 0.4) is 0 Å². The van der Waals surface area contributed by atoms with Crippen LogP contribution < -0.4 is 10.2 Å². The number of anilines is 2. The molecule has 126 valence electrons. The van der Waals surface area contributed by atoms with Crippen LogP contribution in [0.1, 0.15) is 23.2 Å². The number of aromatic amines is 1. The van der Waals surface area contributed by atoms with Gasteiger partial charge in [-0.2, -0.15) is 5.10 Å². The Hall–Kier alpha value is -3.22. The Labute approximate surface area is 145 Å². The average Bonchev–Trinajstić information content (AvgIpc) is 3.36. The zero-order chi connectivity index (χ0) is 17.1. The summed E-state index contributed by atoms with van der Waals surface area (Å²) in [4.78, 5) is 23.1. The fourth-order valence-electron chi connectivity index (χ4n) is 2.91. The molecule has 1 amide bonds. The molecule has 25 heavy (non-hydrogen) atoms. The van der Waals surface area contributed by atoms with Crippen LogP contribution in [-0.2, 0) is 0 Å². The summed E-state index contributed by atoms with van der Waals surface area (Å²) in [5.41, 5.74) is 2.17. The highest BCUT2D eigenvalue weighted by atomic mass is 16.1. The largest absolute Gasteiger partial charge is 0.357 e. The molecule has 3 aromatic rings. The van der Waals surface area contributed by atoms with E-state index >= 15 is 0 Å². The van der Waals surface area contributed by atoms with Crippen LogP contribution in [0.15, 0.2) is 48.9 Å². The van der Waals surface area contributed by atoms with E-state index in [1.807, 2.05) is 36.4 Å². The first-order chi connectivity index (χ1) is 12.3. The molecule has 1 aromatic carbocycles. The topological polar surface area (TPSA) is 86.8 Å². The van der Waals surface area contributed by atoms with Gasteiger partial charge < -0.3 is 10.2 Å². The van der Waals surface area contributed by atoms with Gasteiger partial charge in [-0.05, 0) is 49.2 Å². The lowest BCUT2D eigenvalue weighted by atomic mass is 10.2. The molecule has 1 fully saturated rings. The van der Waals surface area contributed by atoms with E-state index in [0.29, 0.717) is 11.4 Å². The first-order valence-electron chi connectivity index (χ1n) is 8.28. The quantitative estimate of drug-likeness (QED) is 0.766. The molecule has 0 spiro atoms. The maximum absolute atomic E-state index is 12.4. The standard InChI is InChI=1S/C18H18N6O/c25-18(14-5-8-16(19-11-14)24-9-1-2-10-24)22-15-6-3-13(4-7-15)17-20-12-21-23-17/h3-8,11-12H,1-2,9-10H2,(H,22,25)(H,20,21,23). The van der Waals surface area contributed by atoms with Crippen LogP contribution >= 0.6 is 0 Å². The average molecular weight is 334 g/mol. The van der Waals surface area contributed by atoms with Crippen LogP contribution in [0.5, 0.6) is 0 Å². The number of carbonyl (C=O) groups excluding carboxylic acids is 1. The number of pyridine rings is 1. The smallest absolute Gasteiger partial charge is 0.257 e. The Balaban J connectivity index is 1.42. The molecule has 4 rings (SSSR count). The second kappa shape index (κ2) is 6.72. The van der Waals surface area contributed by atoms with E-state index < -0.39 is 0 Å². The maximum atomic E-state index is 12.4. The second-order valence-electron chi connectivity index (χ2n) is 5.96. The molecule has 2 aromatic heterocycles. The number of amides is 1. The van der Waals surface area contributed by atoms with Gasteiger partial charge in [0.2, 0.25) is 0 Å². The summed E-state index contributed by atoms with van der Waals surface area (Å²) in [6.45, 7) is 2.08. The van der Waals surface area contributed by atoms with Gasteiger partial charge in [0, 0.05) is 30.5 Å². The van der Waals surface area contributed by atoms with Gasteiger partial charge in [0.1, 0.15) is 12.1 Å². The molecule has 0 saturated carbocycles. The van der Waals surface area contributed by atoms with E-state index in [4.69, 9.17) is 0 Å². The molecule has 0 bridgehead atoms. The monoisotopic (exact) mass is 334 g/mol. The van der Waals surface area contributed by atoms with Gasteiger partial charge in [0.05, 0.1) is 5.56 Å². The molecule has 1 saturated heterocycles. The highest BCUT2D eigenvalue weighted by Gasteiger charge is 2.14. The lowest BCUT2D eigenvalue weighted by molar-refractivity contribution is 0.102. The van der Waals surface area contributed by atoms with Crippen molar-refractivity contribution in [3.05, 3.63) is 54.5 Å². The second-order valence-corrected chi connectivity index (χ2v) is 5.96. The summed E-state index contributed by atoms with van der Waals surface area (Å²) >= 11 is 0. The first-order valence-corrected chi connectivity index (χ1v) is 8.28. The molecule has 0 atom stereocenters. The molecule has 1 aliphatic heterocycles. The normalized spacial score (nSPS) is 13.8. The molecule has 0 aliphatic carbocycles. The summed E-state index contributed by atoms with van der Waals surface area (Å²) in [5.74, 6) is 1.46. The maximum Gasteiger partial charge on any atom is 0.257 e. The minimum absolute atomic E-state index is 0.173. The number of nitrogens with one attached hydrogen (secondary N) is 2. The van der Waals surface area contributed by atoms with Crippen LogP contribution in [0, 0.1) is 0 Å². The zero-order valence-corrected chi connectivity index (χ0v) is 13.6. The lowest BCUT2D eigenvalue weighted by Gasteiger charge is -2.16. The highest BCUT2D eigenvalue weighted by Crippen LogP contribution is 2.19. The first kappa shape index (κ1) is 15.3. The third kappa shape index (κ3) is 3.35. The van der Waals surface area contributed by atoms with Gasteiger partial charge in [-0.15, -0.1) is 0 Å². The molecule has 3 heterocycles. The van der Waals surface area contributed by atoms with Crippen molar-refractivity contribution in [1.82, 2.24) is 20.2 Å². The summed E-state index contributed by atoms with van der Waals surface area (Å²) < 4.78 is 0. The van der Waals surface area contributed by atoms with E-state index in [1.54, 1.807) is 6.20 Å². The van der Waals surface area contributed by atoms with E-state index in [-0.39, 0.29) is 5.91 Å². The van der Waals surface area contributed by atoms with Crippen molar-refractivity contribution in [2.45, 2.75) is 12.8 Å². The van der Waals surface area contributed by atoms with Gasteiger partial charge in [-0.1, -0.05) is 0 Å². The molecule has 7 nitrogen and oxygen atoms in total. The number of H-pyrrole nitrogens is 1. The fourth-order valence-corrected chi connectivity index (χ4v) is 2.91. The van der Waals surface area contributed by atoms with Gasteiger partial charge in [0.25, 0.3) is 5.91 Å². The summed E-state index contributed by atoms with van der Waals surface area (Å²) in [6, 6.07) is 11.2. The predicted octanol–water partition coefficient (Wildman–Crippen LogP) is 2.72. The van der Waals surface area contributed by atoms with Gasteiger partial charge >= 0.3 is 0 Å². The third-order valence-electron chi connectivity index (χ3n) is 4.27. The van der Waals surface area contributed by atoms with Crippen LogP contribution in [0.2, 0.25) is 0 Å². The van der Waals surface area contributed by atoms with Gasteiger partial charge in [0.15, 0.2) is 5.82 Å². The van der Waals surface area contributed by atoms with Gasteiger partial charge in [-0.3, -0.25) is 9.89 Å². The number of carbonyl (C=O) groups is 1. The molecule has 1 aliphatic rings. The minimum atomic E-state index is -0.173. The van der Waals surface area contributed by atoms with Crippen LogP contribution in [0.25, 0.3) is 11.4 Å². The number of benzene rings is 1. The summed E-state index contributed by atoms with van der Waals surface area (Å²) in [7, 11) is 0. The van der Waals surface area contributed by atoms with E-state index in [1.165, 1.54) is 19.2 Å². The van der Waals surface area contributed by atoms with Crippen molar-refractivity contribution < 1.29 is 4.79 Å². The SMILES string of the molecule is O=C(Nc1ccc(-c2ncn[nH]2)cc1)c1ccc(N2CCCC2)nc1. The molecule has 0 unspecified atom stereocenters. The number of hydrogen-bond acceptors (Lipinski definition) is 5. The fraction of sp³-hybridized carbons (Fsp3) is 0.222. The zero-order valence-electron chi connectivity index (χ0n) is 13.6. The molecule has 0 radical (unpaired) electrons. The van der Waals surface area contributed by atoms with E-state index in [0.717, 1.165) is 30.2 Å². The van der Waals surface area contributed by atoms with Crippen molar-refractivity contribution in [1.29, 1.82) is 0 Å². The Morgan fingerprint density at radius 3 is 2.48 bits per heavy atom. The summed E-state index contributed by atoms with van der Waals surface area (Å²) in [6.07, 6.45) is 5.50. The van der Waals surface area contributed by atoms with E-state index in [9.17, 15) is 4.79 Å². The van der Waals surface area contributed by atoms with Crippen molar-refractivity contribution in [2.24, 2.45) is 0 Å². The molecular weight excluding hydrogens is 316 g/mol. The Bertz CT molecular complexity index is 836.